The molecule has 2 aromatic rings. The van der Waals surface area contributed by atoms with Gasteiger partial charge in [0, 0.05) is 17.7 Å². The molecule has 1 N–H and O–H groups in total. The van der Waals surface area contributed by atoms with Gasteiger partial charge in [0.25, 0.3) is 0 Å². The lowest BCUT2D eigenvalue weighted by Gasteiger charge is -2.13. The molecule has 2 rings (SSSR count). The lowest BCUT2D eigenvalue weighted by Crippen LogP contribution is -2.24. The molecule has 128 valence electrons. The molecule has 0 aliphatic carbocycles. The van der Waals surface area contributed by atoms with Gasteiger partial charge in [0.2, 0.25) is 10.0 Å². The summed E-state index contributed by atoms with van der Waals surface area (Å²) in [5.41, 5.74) is 1.46. The number of benzene rings is 2. The van der Waals surface area contributed by atoms with Crippen molar-refractivity contribution in [2.24, 2.45) is 0 Å². The first-order valence-corrected chi connectivity index (χ1v) is 10.7. The standard InChI is InChI=1S/C17H19NO4S2/c1-14(16-8-10-17(11-9-16)23(2,19)20)18-24(21,22)13-12-15-6-4-3-5-7-15/h3-14,18H,1-2H3/b13-12+. The Morgan fingerprint density at radius 1 is 0.917 bits per heavy atom. The van der Waals surface area contributed by atoms with E-state index in [1.165, 1.54) is 18.2 Å². The van der Waals surface area contributed by atoms with E-state index in [-0.39, 0.29) is 4.90 Å². The van der Waals surface area contributed by atoms with E-state index in [1.807, 2.05) is 18.2 Å². The molecule has 0 heterocycles. The normalized spacial score (nSPS) is 13.9. The Bertz CT molecular complexity index is 916. The van der Waals surface area contributed by atoms with Gasteiger partial charge < -0.3 is 0 Å². The third-order valence-electron chi connectivity index (χ3n) is 3.39. The van der Waals surface area contributed by atoms with Crippen LogP contribution in [-0.2, 0) is 19.9 Å². The van der Waals surface area contributed by atoms with Crippen LogP contribution in [0.15, 0.2) is 64.9 Å². The molecular formula is C17H19NO4S2. The average molecular weight is 365 g/mol. The van der Waals surface area contributed by atoms with Crippen molar-refractivity contribution in [3.63, 3.8) is 0 Å². The highest BCUT2D eigenvalue weighted by atomic mass is 32.2. The summed E-state index contributed by atoms with van der Waals surface area (Å²) >= 11 is 0. The molecule has 0 aliphatic rings. The van der Waals surface area contributed by atoms with Crippen LogP contribution in [-0.4, -0.2) is 23.1 Å². The van der Waals surface area contributed by atoms with Crippen LogP contribution in [0.2, 0.25) is 0 Å². The summed E-state index contributed by atoms with van der Waals surface area (Å²) in [6.45, 7) is 1.70. The van der Waals surface area contributed by atoms with E-state index in [1.54, 1.807) is 31.2 Å². The van der Waals surface area contributed by atoms with Gasteiger partial charge in [-0.3, -0.25) is 0 Å². The van der Waals surface area contributed by atoms with E-state index in [4.69, 9.17) is 0 Å². The van der Waals surface area contributed by atoms with Crippen LogP contribution in [0.5, 0.6) is 0 Å². The predicted octanol–water partition coefficient (Wildman–Crippen LogP) is 2.74. The first kappa shape index (κ1) is 18.4. The van der Waals surface area contributed by atoms with Gasteiger partial charge in [-0.25, -0.2) is 21.6 Å². The zero-order valence-corrected chi connectivity index (χ0v) is 15.0. The Morgan fingerprint density at radius 2 is 1.50 bits per heavy atom. The van der Waals surface area contributed by atoms with E-state index in [0.717, 1.165) is 17.2 Å². The predicted molar refractivity (Wildman–Crippen MR) is 95.5 cm³/mol. The van der Waals surface area contributed by atoms with Crippen molar-refractivity contribution in [3.05, 3.63) is 71.1 Å². The topological polar surface area (TPSA) is 80.3 Å². The number of nitrogens with one attached hydrogen (secondary N) is 1. The summed E-state index contributed by atoms with van der Waals surface area (Å²) in [5.74, 6) is 0. The second-order valence-corrected chi connectivity index (χ2v) is 9.05. The first-order chi connectivity index (χ1) is 11.2. The summed E-state index contributed by atoms with van der Waals surface area (Å²) in [6.07, 6.45) is 2.64. The van der Waals surface area contributed by atoms with Crippen LogP contribution in [0.1, 0.15) is 24.1 Å². The molecule has 0 radical (unpaired) electrons. The zero-order valence-electron chi connectivity index (χ0n) is 13.4. The number of rotatable bonds is 6. The summed E-state index contributed by atoms with van der Waals surface area (Å²) in [4.78, 5) is 0.199. The fourth-order valence-electron chi connectivity index (χ4n) is 2.09. The number of sulfone groups is 1. The van der Waals surface area contributed by atoms with Crippen molar-refractivity contribution in [3.8, 4) is 0 Å². The third kappa shape index (κ3) is 5.30. The Hall–Kier alpha value is -1.96. The summed E-state index contributed by atoms with van der Waals surface area (Å²) in [7, 11) is -6.88. The van der Waals surface area contributed by atoms with Crippen molar-refractivity contribution in [2.45, 2.75) is 17.9 Å². The van der Waals surface area contributed by atoms with Gasteiger partial charge in [-0.05, 0) is 36.3 Å². The summed E-state index contributed by atoms with van der Waals surface area (Å²) in [5, 5.41) is 1.11. The molecule has 0 saturated heterocycles. The monoisotopic (exact) mass is 365 g/mol. The maximum Gasteiger partial charge on any atom is 0.234 e. The number of hydrogen-bond donors (Lipinski definition) is 1. The molecule has 0 bridgehead atoms. The Kier molecular flexibility index (Phi) is 5.58. The molecule has 0 amide bonds. The van der Waals surface area contributed by atoms with E-state index in [0.29, 0.717) is 5.56 Å². The van der Waals surface area contributed by atoms with Gasteiger partial charge in [-0.1, -0.05) is 42.5 Å². The second-order valence-electron chi connectivity index (χ2n) is 5.44. The van der Waals surface area contributed by atoms with Gasteiger partial charge in [0.1, 0.15) is 0 Å². The molecule has 24 heavy (non-hydrogen) atoms. The molecule has 7 heteroatoms. The van der Waals surface area contributed by atoms with Crippen molar-refractivity contribution in [1.29, 1.82) is 0 Å². The molecule has 5 nitrogen and oxygen atoms in total. The van der Waals surface area contributed by atoms with Gasteiger partial charge in [0.05, 0.1) is 4.90 Å². The van der Waals surface area contributed by atoms with E-state index < -0.39 is 25.9 Å². The lowest BCUT2D eigenvalue weighted by atomic mass is 10.1. The van der Waals surface area contributed by atoms with E-state index in [9.17, 15) is 16.8 Å². The largest absolute Gasteiger partial charge is 0.234 e. The Labute approximate surface area is 143 Å². The van der Waals surface area contributed by atoms with E-state index >= 15 is 0 Å². The zero-order chi connectivity index (χ0) is 17.8. The minimum Gasteiger partial charge on any atom is -0.224 e. The molecule has 0 fully saturated rings. The van der Waals surface area contributed by atoms with Crippen molar-refractivity contribution >= 4 is 25.9 Å². The Balaban J connectivity index is 2.10. The van der Waals surface area contributed by atoms with Gasteiger partial charge >= 0.3 is 0 Å². The van der Waals surface area contributed by atoms with Crippen LogP contribution >= 0.6 is 0 Å². The fourth-order valence-corrected chi connectivity index (χ4v) is 3.76. The molecular weight excluding hydrogens is 346 g/mol. The quantitative estimate of drug-likeness (QED) is 0.853. The highest BCUT2D eigenvalue weighted by Crippen LogP contribution is 2.17. The molecule has 0 aliphatic heterocycles. The average Bonchev–Trinajstić information content (AvgIpc) is 2.53. The van der Waals surface area contributed by atoms with Crippen LogP contribution in [0, 0.1) is 0 Å². The fraction of sp³-hybridized carbons (Fsp3) is 0.176. The molecule has 1 atom stereocenters. The first-order valence-electron chi connectivity index (χ1n) is 7.23. The third-order valence-corrected chi connectivity index (χ3v) is 5.69. The molecule has 1 unspecified atom stereocenters. The maximum atomic E-state index is 12.1. The number of hydrogen-bond acceptors (Lipinski definition) is 4. The van der Waals surface area contributed by atoms with Crippen LogP contribution in [0.25, 0.3) is 6.08 Å². The van der Waals surface area contributed by atoms with Crippen molar-refractivity contribution in [1.82, 2.24) is 4.72 Å². The van der Waals surface area contributed by atoms with Crippen LogP contribution < -0.4 is 4.72 Å². The maximum absolute atomic E-state index is 12.1. The highest BCUT2D eigenvalue weighted by Gasteiger charge is 2.14. The molecule has 0 spiro atoms. The van der Waals surface area contributed by atoms with Gasteiger partial charge in [-0.2, -0.15) is 0 Å². The lowest BCUT2D eigenvalue weighted by molar-refractivity contribution is 0.576. The smallest absolute Gasteiger partial charge is 0.224 e. The molecule has 0 saturated carbocycles. The SMILES string of the molecule is CC(NS(=O)(=O)/C=C/c1ccccc1)c1ccc(S(C)(=O)=O)cc1. The minimum atomic E-state index is -3.61. The second kappa shape index (κ2) is 7.29. The van der Waals surface area contributed by atoms with Crippen molar-refractivity contribution in [2.75, 3.05) is 6.26 Å². The van der Waals surface area contributed by atoms with Gasteiger partial charge in [0.15, 0.2) is 9.84 Å². The number of sulfonamides is 1. The molecule has 0 aromatic heterocycles. The van der Waals surface area contributed by atoms with Gasteiger partial charge in [-0.15, -0.1) is 0 Å². The molecule has 2 aromatic carbocycles. The highest BCUT2D eigenvalue weighted by molar-refractivity contribution is 7.92. The van der Waals surface area contributed by atoms with E-state index in [2.05, 4.69) is 4.72 Å². The minimum absolute atomic E-state index is 0.199. The summed E-state index contributed by atoms with van der Waals surface area (Å²) in [6, 6.07) is 14.8. The summed E-state index contributed by atoms with van der Waals surface area (Å²) < 4.78 is 49.7. The Morgan fingerprint density at radius 3 is 2.04 bits per heavy atom. The van der Waals surface area contributed by atoms with Crippen LogP contribution in [0.4, 0.5) is 0 Å². The van der Waals surface area contributed by atoms with Crippen LogP contribution in [0.3, 0.4) is 0 Å². The van der Waals surface area contributed by atoms with Crippen molar-refractivity contribution < 1.29 is 16.8 Å².